The second-order valence-electron chi connectivity index (χ2n) is 7.13. The van der Waals surface area contributed by atoms with Crippen LogP contribution in [0.2, 0.25) is 0 Å². The molecule has 152 valence electrons. The highest BCUT2D eigenvalue weighted by Gasteiger charge is 2.31. The molecule has 3 aromatic carbocycles. The Balaban J connectivity index is 1.56. The molecule has 0 radical (unpaired) electrons. The van der Waals surface area contributed by atoms with E-state index in [1.54, 1.807) is 42.2 Å². The van der Waals surface area contributed by atoms with E-state index in [2.05, 4.69) is 21.2 Å². The molecule has 0 saturated heterocycles. The molecule has 0 aromatic heterocycles. The van der Waals surface area contributed by atoms with Gasteiger partial charge in [-0.1, -0.05) is 46.3 Å². The third-order valence-corrected chi connectivity index (χ3v) is 5.53. The standard InChI is InChI=1S/C24H21BrN2O3/c1-16-24(29)27(14-13-17-5-3-2-4-6-17)21-15-20(11-12-22(21)30-16)26-23(28)18-7-9-19(25)10-8-18/h2-12,15-16H,13-14H2,1H3,(H,26,28). The highest BCUT2D eigenvalue weighted by molar-refractivity contribution is 9.10. The predicted molar refractivity (Wildman–Crippen MR) is 121 cm³/mol. The summed E-state index contributed by atoms with van der Waals surface area (Å²) in [5.41, 5.74) is 2.99. The Labute approximate surface area is 183 Å². The number of hydrogen-bond acceptors (Lipinski definition) is 3. The van der Waals surface area contributed by atoms with E-state index in [1.165, 1.54) is 0 Å². The Kier molecular flexibility index (Phi) is 5.86. The van der Waals surface area contributed by atoms with Gasteiger partial charge in [0.2, 0.25) is 0 Å². The number of fused-ring (bicyclic) bond motifs is 1. The van der Waals surface area contributed by atoms with E-state index >= 15 is 0 Å². The first-order valence-corrected chi connectivity index (χ1v) is 10.5. The second-order valence-corrected chi connectivity index (χ2v) is 8.04. The average Bonchev–Trinajstić information content (AvgIpc) is 2.75. The van der Waals surface area contributed by atoms with Gasteiger partial charge >= 0.3 is 0 Å². The van der Waals surface area contributed by atoms with Gasteiger partial charge in [0.15, 0.2) is 6.10 Å². The zero-order valence-corrected chi connectivity index (χ0v) is 18.1. The molecule has 3 aromatic rings. The van der Waals surface area contributed by atoms with Crippen molar-refractivity contribution >= 4 is 39.1 Å². The van der Waals surface area contributed by atoms with Crippen molar-refractivity contribution in [3.63, 3.8) is 0 Å². The Bertz CT molecular complexity index is 1070. The predicted octanol–water partition coefficient (Wildman–Crippen LogP) is 5.06. The van der Waals surface area contributed by atoms with E-state index in [0.29, 0.717) is 29.2 Å². The molecule has 1 atom stereocenters. The molecular weight excluding hydrogens is 444 g/mol. The first-order chi connectivity index (χ1) is 14.5. The Hall–Kier alpha value is -3.12. The Morgan fingerprint density at radius 3 is 2.53 bits per heavy atom. The summed E-state index contributed by atoms with van der Waals surface area (Å²) in [5.74, 6) is 0.335. The maximum Gasteiger partial charge on any atom is 0.267 e. The first-order valence-electron chi connectivity index (χ1n) is 9.74. The van der Waals surface area contributed by atoms with Crippen LogP contribution in [0.1, 0.15) is 22.8 Å². The molecular formula is C24H21BrN2O3. The summed E-state index contributed by atoms with van der Waals surface area (Å²) in [4.78, 5) is 27.1. The van der Waals surface area contributed by atoms with Gasteiger partial charge in [-0.05, 0) is 61.4 Å². The average molecular weight is 465 g/mol. The summed E-state index contributed by atoms with van der Waals surface area (Å²) in [7, 11) is 0. The second kappa shape index (κ2) is 8.71. The molecule has 0 bridgehead atoms. The van der Waals surface area contributed by atoms with Crippen LogP contribution in [0.25, 0.3) is 0 Å². The molecule has 2 amide bonds. The smallest absolute Gasteiger partial charge is 0.267 e. The van der Waals surface area contributed by atoms with Gasteiger partial charge in [0.05, 0.1) is 5.69 Å². The van der Waals surface area contributed by atoms with Crippen molar-refractivity contribution in [3.8, 4) is 5.75 Å². The molecule has 1 unspecified atom stereocenters. The molecule has 5 nitrogen and oxygen atoms in total. The van der Waals surface area contributed by atoms with Crippen molar-refractivity contribution in [3.05, 3.63) is 88.4 Å². The van der Waals surface area contributed by atoms with Gasteiger partial charge in [0, 0.05) is 22.3 Å². The van der Waals surface area contributed by atoms with Gasteiger partial charge in [-0.3, -0.25) is 9.59 Å². The largest absolute Gasteiger partial charge is 0.479 e. The van der Waals surface area contributed by atoms with E-state index < -0.39 is 6.10 Å². The first kappa shape index (κ1) is 20.2. The Morgan fingerprint density at radius 2 is 1.80 bits per heavy atom. The molecule has 0 saturated carbocycles. The fourth-order valence-electron chi connectivity index (χ4n) is 3.41. The molecule has 30 heavy (non-hydrogen) atoms. The normalized spacial score (nSPS) is 15.3. The SMILES string of the molecule is CC1Oc2ccc(NC(=O)c3ccc(Br)cc3)cc2N(CCc2ccccc2)C1=O. The molecule has 1 aliphatic heterocycles. The molecule has 1 heterocycles. The number of benzene rings is 3. The highest BCUT2D eigenvalue weighted by atomic mass is 79.9. The summed E-state index contributed by atoms with van der Waals surface area (Å²) in [6.45, 7) is 2.29. The number of amides is 2. The number of carbonyl (C=O) groups is 2. The van der Waals surface area contributed by atoms with Crippen molar-refractivity contribution in [2.24, 2.45) is 0 Å². The number of nitrogens with zero attached hydrogens (tertiary/aromatic N) is 1. The van der Waals surface area contributed by atoms with Crippen LogP contribution in [0, 0.1) is 0 Å². The molecule has 4 rings (SSSR count). The van der Waals surface area contributed by atoms with Crippen LogP contribution in [-0.2, 0) is 11.2 Å². The van der Waals surface area contributed by atoms with E-state index in [-0.39, 0.29) is 11.8 Å². The van der Waals surface area contributed by atoms with E-state index in [9.17, 15) is 9.59 Å². The summed E-state index contributed by atoms with van der Waals surface area (Å²) < 4.78 is 6.68. The van der Waals surface area contributed by atoms with Crippen molar-refractivity contribution in [2.45, 2.75) is 19.4 Å². The van der Waals surface area contributed by atoms with Crippen LogP contribution in [0.3, 0.4) is 0 Å². The maximum atomic E-state index is 12.8. The lowest BCUT2D eigenvalue weighted by Crippen LogP contribution is -2.45. The quantitative estimate of drug-likeness (QED) is 0.573. The fourth-order valence-corrected chi connectivity index (χ4v) is 3.67. The molecule has 1 aliphatic rings. The van der Waals surface area contributed by atoms with E-state index in [0.717, 1.165) is 16.5 Å². The molecule has 1 N–H and O–H groups in total. The van der Waals surface area contributed by atoms with E-state index in [4.69, 9.17) is 4.74 Å². The summed E-state index contributed by atoms with van der Waals surface area (Å²) in [5, 5.41) is 2.90. The van der Waals surface area contributed by atoms with Gasteiger partial charge < -0.3 is 15.0 Å². The number of carbonyl (C=O) groups excluding carboxylic acids is 2. The number of nitrogens with one attached hydrogen (secondary N) is 1. The number of hydrogen-bond donors (Lipinski definition) is 1. The zero-order valence-electron chi connectivity index (χ0n) is 16.5. The van der Waals surface area contributed by atoms with Gasteiger partial charge in [-0.15, -0.1) is 0 Å². The lowest BCUT2D eigenvalue weighted by atomic mass is 10.1. The molecule has 6 heteroatoms. The third-order valence-electron chi connectivity index (χ3n) is 5.00. The van der Waals surface area contributed by atoms with E-state index in [1.807, 2.05) is 42.5 Å². The van der Waals surface area contributed by atoms with Crippen LogP contribution < -0.4 is 15.0 Å². The lowest BCUT2D eigenvalue weighted by molar-refractivity contribution is -0.125. The van der Waals surface area contributed by atoms with Gasteiger partial charge in [0.1, 0.15) is 5.75 Å². The van der Waals surface area contributed by atoms with Crippen molar-refractivity contribution in [2.75, 3.05) is 16.8 Å². The van der Waals surface area contributed by atoms with Crippen LogP contribution in [-0.4, -0.2) is 24.5 Å². The minimum atomic E-state index is -0.545. The number of anilines is 2. The lowest BCUT2D eigenvalue weighted by Gasteiger charge is -2.33. The van der Waals surface area contributed by atoms with Crippen LogP contribution >= 0.6 is 15.9 Å². The van der Waals surface area contributed by atoms with Crippen molar-refractivity contribution in [1.82, 2.24) is 0 Å². The zero-order chi connectivity index (χ0) is 21.1. The fraction of sp³-hybridized carbons (Fsp3) is 0.167. The highest BCUT2D eigenvalue weighted by Crippen LogP contribution is 2.36. The van der Waals surface area contributed by atoms with Crippen LogP contribution in [0.4, 0.5) is 11.4 Å². The topological polar surface area (TPSA) is 58.6 Å². The molecule has 0 fully saturated rings. The van der Waals surface area contributed by atoms with Gasteiger partial charge in [-0.25, -0.2) is 0 Å². The van der Waals surface area contributed by atoms with Crippen LogP contribution in [0.5, 0.6) is 5.75 Å². The maximum absolute atomic E-state index is 12.8. The Morgan fingerprint density at radius 1 is 1.07 bits per heavy atom. The summed E-state index contributed by atoms with van der Waals surface area (Å²) >= 11 is 3.37. The number of ether oxygens (including phenoxy) is 1. The third kappa shape index (κ3) is 4.39. The minimum Gasteiger partial charge on any atom is -0.479 e. The number of rotatable bonds is 5. The van der Waals surface area contributed by atoms with Gasteiger partial charge in [0.25, 0.3) is 11.8 Å². The minimum absolute atomic E-state index is 0.0881. The molecule has 0 aliphatic carbocycles. The molecule has 0 spiro atoms. The van der Waals surface area contributed by atoms with Crippen LogP contribution in [0.15, 0.2) is 77.3 Å². The van der Waals surface area contributed by atoms with Crippen molar-refractivity contribution in [1.29, 1.82) is 0 Å². The van der Waals surface area contributed by atoms with Crippen molar-refractivity contribution < 1.29 is 14.3 Å². The summed E-state index contributed by atoms with van der Waals surface area (Å²) in [6, 6.07) is 22.6. The number of halogens is 1. The summed E-state index contributed by atoms with van der Waals surface area (Å²) in [6.07, 6.45) is 0.185. The van der Waals surface area contributed by atoms with Gasteiger partial charge in [-0.2, -0.15) is 0 Å². The monoisotopic (exact) mass is 464 g/mol.